The molecule has 0 atom stereocenters. The number of rotatable bonds is 10. The predicted molar refractivity (Wildman–Crippen MR) is 114 cm³/mol. The molecule has 1 aliphatic rings. The number of aliphatic carboxylic acids is 1. The molecule has 156 valence electrons. The molecule has 0 amide bonds. The summed E-state index contributed by atoms with van der Waals surface area (Å²) in [6.07, 6.45) is 1.93. The lowest BCUT2D eigenvalue weighted by Gasteiger charge is -2.42. The van der Waals surface area contributed by atoms with Gasteiger partial charge in [0.2, 0.25) is 0 Å². The van der Waals surface area contributed by atoms with Crippen molar-refractivity contribution in [1.82, 2.24) is 10.2 Å². The van der Waals surface area contributed by atoms with Crippen LogP contribution in [0.2, 0.25) is 0 Å². The second-order valence-corrected chi connectivity index (χ2v) is 7.39. The lowest BCUT2D eigenvalue weighted by Crippen LogP contribution is -2.53. The summed E-state index contributed by atoms with van der Waals surface area (Å²) in [5.74, 6) is 0.668. The Morgan fingerprint density at radius 2 is 1.79 bits per heavy atom. The van der Waals surface area contributed by atoms with E-state index in [2.05, 4.69) is 17.4 Å². The topological polar surface area (TPSA) is 71.0 Å². The first-order valence-electron chi connectivity index (χ1n) is 10.0. The van der Waals surface area contributed by atoms with E-state index in [0.29, 0.717) is 30.1 Å². The standard InChI is InChI=1S/C23H30N2O4/c1-4-25(15-23(26)27)19-11-18(12-19)24-14-17-10-21(28-2)22(29-3)13-20(17)16-8-6-5-7-9-16/h5-10,13,18-19,24H,4,11-12,14-15H2,1-3H3,(H,26,27). The Hall–Kier alpha value is -2.57. The number of nitrogens with zero attached hydrogens (tertiary/aromatic N) is 1. The van der Waals surface area contributed by atoms with Crippen LogP contribution in [-0.4, -0.2) is 55.4 Å². The fourth-order valence-electron chi connectivity index (χ4n) is 3.93. The van der Waals surface area contributed by atoms with Gasteiger partial charge in [-0.15, -0.1) is 0 Å². The molecule has 0 aliphatic heterocycles. The molecular weight excluding hydrogens is 368 g/mol. The van der Waals surface area contributed by atoms with Gasteiger partial charge in [0.1, 0.15) is 0 Å². The minimum absolute atomic E-state index is 0.113. The van der Waals surface area contributed by atoms with E-state index in [4.69, 9.17) is 14.6 Å². The quantitative estimate of drug-likeness (QED) is 0.639. The van der Waals surface area contributed by atoms with Crippen LogP contribution in [0.25, 0.3) is 11.1 Å². The van der Waals surface area contributed by atoms with Gasteiger partial charge < -0.3 is 19.9 Å². The zero-order valence-corrected chi connectivity index (χ0v) is 17.4. The van der Waals surface area contributed by atoms with Crippen LogP contribution in [0.4, 0.5) is 0 Å². The van der Waals surface area contributed by atoms with E-state index in [1.54, 1.807) is 14.2 Å². The van der Waals surface area contributed by atoms with E-state index in [1.807, 2.05) is 42.2 Å². The minimum Gasteiger partial charge on any atom is -0.493 e. The van der Waals surface area contributed by atoms with Crippen molar-refractivity contribution >= 4 is 5.97 Å². The normalized spacial score (nSPS) is 18.3. The molecule has 3 rings (SSSR count). The van der Waals surface area contributed by atoms with Crippen LogP contribution < -0.4 is 14.8 Å². The summed E-state index contributed by atoms with van der Waals surface area (Å²) in [6, 6.07) is 15.0. The Bertz CT molecular complexity index is 819. The van der Waals surface area contributed by atoms with Crippen LogP contribution in [0.15, 0.2) is 42.5 Å². The van der Waals surface area contributed by atoms with Gasteiger partial charge in [0.25, 0.3) is 0 Å². The number of benzene rings is 2. The van der Waals surface area contributed by atoms with E-state index in [9.17, 15) is 4.79 Å². The maximum atomic E-state index is 11.0. The molecule has 1 saturated carbocycles. The van der Waals surface area contributed by atoms with Gasteiger partial charge >= 0.3 is 5.97 Å². The Morgan fingerprint density at radius 3 is 2.38 bits per heavy atom. The Labute approximate surface area is 172 Å². The highest BCUT2D eigenvalue weighted by molar-refractivity contribution is 5.71. The molecule has 6 heteroatoms. The van der Waals surface area contributed by atoms with Crippen LogP contribution in [0, 0.1) is 0 Å². The number of hydrogen-bond donors (Lipinski definition) is 2. The number of nitrogens with one attached hydrogen (secondary N) is 1. The fourth-order valence-corrected chi connectivity index (χ4v) is 3.93. The maximum Gasteiger partial charge on any atom is 0.317 e. The van der Waals surface area contributed by atoms with Gasteiger partial charge in [0.05, 0.1) is 20.8 Å². The highest BCUT2D eigenvalue weighted by atomic mass is 16.5. The molecule has 0 unspecified atom stereocenters. The monoisotopic (exact) mass is 398 g/mol. The van der Waals surface area contributed by atoms with E-state index >= 15 is 0 Å². The molecule has 2 aromatic carbocycles. The van der Waals surface area contributed by atoms with Crippen LogP contribution in [-0.2, 0) is 11.3 Å². The first-order valence-corrected chi connectivity index (χ1v) is 10.0. The number of methoxy groups -OCH3 is 2. The third-order valence-corrected chi connectivity index (χ3v) is 5.65. The van der Waals surface area contributed by atoms with Gasteiger partial charge in [-0.1, -0.05) is 37.3 Å². The average molecular weight is 399 g/mol. The molecule has 0 heterocycles. The van der Waals surface area contributed by atoms with Gasteiger partial charge in [0.15, 0.2) is 11.5 Å². The second kappa shape index (κ2) is 9.76. The summed E-state index contributed by atoms with van der Waals surface area (Å²) in [7, 11) is 3.30. The van der Waals surface area contributed by atoms with Gasteiger partial charge in [-0.2, -0.15) is 0 Å². The summed E-state index contributed by atoms with van der Waals surface area (Å²) in [6.45, 7) is 3.60. The zero-order chi connectivity index (χ0) is 20.8. The van der Waals surface area contributed by atoms with Crippen molar-refractivity contribution in [1.29, 1.82) is 0 Å². The molecule has 0 radical (unpaired) electrons. The van der Waals surface area contributed by atoms with Gasteiger partial charge in [-0.25, -0.2) is 0 Å². The minimum atomic E-state index is -0.763. The molecule has 1 aliphatic carbocycles. The molecule has 2 aromatic rings. The Morgan fingerprint density at radius 1 is 1.14 bits per heavy atom. The number of carboxylic acid groups (broad SMARTS) is 1. The van der Waals surface area contributed by atoms with Crippen LogP contribution in [0.3, 0.4) is 0 Å². The summed E-state index contributed by atoms with van der Waals surface area (Å²) in [4.78, 5) is 13.0. The van der Waals surface area contributed by atoms with Crippen molar-refractivity contribution in [3.63, 3.8) is 0 Å². The smallest absolute Gasteiger partial charge is 0.317 e. The van der Waals surface area contributed by atoms with Crippen molar-refractivity contribution in [3.05, 3.63) is 48.0 Å². The summed E-state index contributed by atoms with van der Waals surface area (Å²) in [5, 5.41) is 12.7. The third-order valence-electron chi connectivity index (χ3n) is 5.65. The van der Waals surface area contributed by atoms with E-state index in [1.165, 1.54) is 0 Å². The molecule has 0 spiro atoms. The first kappa shape index (κ1) is 21.1. The molecule has 0 aromatic heterocycles. The zero-order valence-electron chi connectivity index (χ0n) is 17.4. The summed E-state index contributed by atoms with van der Waals surface area (Å²) in [5.41, 5.74) is 3.40. The van der Waals surface area contributed by atoms with Crippen molar-refractivity contribution in [2.75, 3.05) is 27.3 Å². The van der Waals surface area contributed by atoms with Crippen molar-refractivity contribution in [2.45, 2.75) is 38.4 Å². The fraction of sp³-hybridized carbons (Fsp3) is 0.435. The van der Waals surface area contributed by atoms with Crippen molar-refractivity contribution < 1.29 is 19.4 Å². The van der Waals surface area contributed by atoms with Crippen LogP contribution >= 0.6 is 0 Å². The molecule has 0 bridgehead atoms. The van der Waals surface area contributed by atoms with E-state index in [0.717, 1.165) is 36.1 Å². The van der Waals surface area contributed by atoms with Crippen LogP contribution in [0.1, 0.15) is 25.3 Å². The van der Waals surface area contributed by atoms with Crippen LogP contribution in [0.5, 0.6) is 11.5 Å². The average Bonchev–Trinajstić information content (AvgIpc) is 2.71. The number of ether oxygens (including phenoxy) is 2. The molecular formula is C23H30N2O4. The van der Waals surface area contributed by atoms with E-state index < -0.39 is 5.97 Å². The third kappa shape index (κ3) is 5.08. The number of likely N-dealkylation sites (N-methyl/N-ethyl adjacent to an activating group) is 1. The lowest BCUT2D eigenvalue weighted by atomic mass is 9.85. The summed E-state index contributed by atoms with van der Waals surface area (Å²) < 4.78 is 11.0. The maximum absolute atomic E-state index is 11.0. The van der Waals surface area contributed by atoms with Gasteiger partial charge in [-0.3, -0.25) is 9.69 Å². The Kier molecular flexibility index (Phi) is 7.12. The second-order valence-electron chi connectivity index (χ2n) is 7.39. The number of carboxylic acids is 1. The number of carbonyl (C=O) groups is 1. The number of hydrogen-bond acceptors (Lipinski definition) is 5. The molecule has 0 saturated heterocycles. The first-order chi connectivity index (χ1) is 14.0. The lowest BCUT2D eigenvalue weighted by molar-refractivity contribution is -0.139. The SMILES string of the molecule is CCN(CC(=O)O)C1CC(NCc2cc(OC)c(OC)cc2-c2ccccc2)C1. The highest BCUT2D eigenvalue weighted by Crippen LogP contribution is 2.36. The predicted octanol–water partition coefficient (Wildman–Crippen LogP) is 3.40. The van der Waals surface area contributed by atoms with Crippen molar-refractivity contribution in [3.8, 4) is 22.6 Å². The van der Waals surface area contributed by atoms with Crippen molar-refractivity contribution in [2.24, 2.45) is 0 Å². The molecule has 2 N–H and O–H groups in total. The van der Waals surface area contributed by atoms with Gasteiger partial charge in [-0.05, 0) is 48.2 Å². The highest BCUT2D eigenvalue weighted by Gasteiger charge is 2.33. The Balaban J connectivity index is 1.70. The molecule has 1 fully saturated rings. The molecule has 6 nitrogen and oxygen atoms in total. The van der Waals surface area contributed by atoms with Gasteiger partial charge in [0, 0.05) is 18.6 Å². The summed E-state index contributed by atoms with van der Waals surface area (Å²) >= 11 is 0. The largest absolute Gasteiger partial charge is 0.493 e. The van der Waals surface area contributed by atoms with E-state index in [-0.39, 0.29) is 6.54 Å². The molecule has 29 heavy (non-hydrogen) atoms.